The number of ether oxygens (including phenoxy) is 3. The Morgan fingerprint density at radius 1 is 1.12 bits per heavy atom. The summed E-state index contributed by atoms with van der Waals surface area (Å²) in [5.41, 5.74) is 2.05. The highest BCUT2D eigenvalue weighted by Crippen LogP contribution is 2.34. The molecule has 0 spiro atoms. The van der Waals surface area contributed by atoms with Gasteiger partial charge in [0.1, 0.15) is 11.4 Å². The molecule has 0 fully saturated rings. The molecule has 1 atom stereocenters. The van der Waals surface area contributed by atoms with E-state index in [1.165, 1.54) is 0 Å². The molecular formula is C20H18N2O4. The number of carbonyl (C=O) groups is 1. The molecular weight excluding hydrogens is 332 g/mol. The van der Waals surface area contributed by atoms with Crippen molar-refractivity contribution in [2.45, 2.75) is 13.0 Å². The van der Waals surface area contributed by atoms with Crippen LogP contribution in [-0.4, -0.2) is 24.8 Å². The van der Waals surface area contributed by atoms with E-state index in [0.717, 1.165) is 28.0 Å². The molecule has 0 aliphatic carbocycles. The van der Waals surface area contributed by atoms with Gasteiger partial charge in [0.05, 0.1) is 18.7 Å². The SMILES string of the molecule is COc1ccc2nc(C(=O)NC(C)c3ccc4c(c3)OCO4)ccc2c1. The Hall–Kier alpha value is -3.28. The van der Waals surface area contributed by atoms with Crippen molar-refractivity contribution in [1.29, 1.82) is 0 Å². The lowest BCUT2D eigenvalue weighted by molar-refractivity contribution is 0.0935. The van der Waals surface area contributed by atoms with E-state index in [9.17, 15) is 4.79 Å². The third-order valence-electron chi connectivity index (χ3n) is 4.37. The van der Waals surface area contributed by atoms with Crippen LogP contribution in [0.5, 0.6) is 17.2 Å². The first-order valence-corrected chi connectivity index (χ1v) is 8.29. The van der Waals surface area contributed by atoms with E-state index in [1.807, 2.05) is 49.4 Å². The largest absolute Gasteiger partial charge is 0.497 e. The summed E-state index contributed by atoms with van der Waals surface area (Å²) in [6, 6.07) is 14.6. The van der Waals surface area contributed by atoms with Crippen LogP contribution in [0.4, 0.5) is 0 Å². The molecule has 4 rings (SSSR count). The van der Waals surface area contributed by atoms with Gasteiger partial charge in [-0.2, -0.15) is 0 Å². The Morgan fingerprint density at radius 3 is 2.81 bits per heavy atom. The number of hydrogen-bond donors (Lipinski definition) is 1. The lowest BCUT2D eigenvalue weighted by Crippen LogP contribution is -2.27. The summed E-state index contributed by atoms with van der Waals surface area (Å²) in [6.07, 6.45) is 0. The van der Waals surface area contributed by atoms with Crippen LogP contribution in [0.15, 0.2) is 48.5 Å². The number of methoxy groups -OCH3 is 1. The van der Waals surface area contributed by atoms with Crippen molar-refractivity contribution in [2.75, 3.05) is 13.9 Å². The van der Waals surface area contributed by atoms with E-state index in [0.29, 0.717) is 11.4 Å². The van der Waals surface area contributed by atoms with Crippen LogP contribution in [-0.2, 0) is 0 Å². The van der Waals surface area contributed by atoms with E-state index < -0.39 is 0 Å². The predicted molar refractivity (Wildman–Crippen MR) is 96.7 cm³/mol. The van der Waals surface area contributed by atoms with E-state index in [-0.39, 0.29) is 18.7 Å². The molecule has 2 aromatic carbocycles. The second-order valence-corrected chi connectivity index (χ2v) is 6.06. The first kappa shape index (κ1) is 16.2. The summed E-state index contributed by atoms with van der Waals surface area (Å²) < 4.78 is 15.9. The van der Waals surface area contributed by atoms with Crippen molar-refractivity contribution in [1.82, 2.24) is 10.3 Å². The van der Waals surface area contributed by atoms with Gasteiger partial charge in [-0.05, 0) is 48.9 Å². The normalized spacial score (nSPS) is 13.5. The molecule has 0 radical (unpaired) electrons. The molecule has 1 amide bonds. The van der Waals surface area contributed by atoms with Gasteiger partial charge in [0, 0.05) is 5.39 Å². The minimum atomic E-state index is -0.229. The molecule has 2 heterocycles. The molecule has 6 nitrogen and oxygen atoms in total. The van der Waals surface area contributed by atoms with E-state index in [2.05, 4.69) is 10.3 Å². The maximum absolute atomic E-state index is 12.6. The van der Waals surface area contributed by atoms with Gasteiger partial charge in [0.15, 0.2) is 11.5 Å². The lowest BCUT2D eigenvalue weighted by Gasteiger charge is -2.15. The molecule has 6 heteroatoms. The Kier molecular flexibility index (Phi) is 4.08. The van der Waals surface area contributed by atoms with Crippen LogP contribution in [0, 0.1) is 0 Å². The maximum atomic E-state index is 12.6. The number of aromatic nitrogens is 1. The predicted octanol–water partition coefficient (Wildman–Crippen LogP) is 3.46. The van der Waals surface area contributed by atoms with Crippen LogP contribution >= 0.6 is 0 Å². The van der Waals surface area contributed by atoms with Gasteiger partial charge in [0.25, 0.3) is 5.91 Å². The van der Waals surface area contributed by atoms with Gasteiger partial charge in [-0.1, -0.05) is 12.1 Å². The topological polar surface area (TPSA) is 69.7 Å². The van der Waals surface area contributed by atoms with Crippen molar-refractivity contribution in [3.8, 4) is 17.2 Å². The van der Waals surface area contributed by atoms with Gasteiger partial charge in [-0.3, -0.25) is 4.79 Å². The number of rotatable bonds is 4. The molecule has 0 bridgehead atoms. The highest BCUT2D eigenvalue weighted by atomic mass is 16.7. The van der Waals surface area contributed by atoms with Gasteiger partial charge in [0.2, 0.25) is 6.79 Å². The number of hydrogen-bond acceptors (Lipinski definition) is 5. The first-order chi connectivity index (χ1) is 12.6. The van der Waals surface area contributed by atoms with Crippen molar-refractivity contribution in [3.05, 3.63) is 59.8 Å². The first-order valence-electron chi connectivity index (χ1n) is 8.29. The molecule has 26 heavy (non-hydrogen) atoms. The third-order valence-corrected chi connectivity index (χ3v) is 4.37. The van der Waals surface area contributed by atoms with Crippen LogP contribution in [0.2, 0.25) is 0 Å². The average Bonchev–Trinajstić information content (AvgIpc) is 3.14. The summed E-state index contributed by atoms with van der Waals surface area (Å²) in [7, 11) is 1.62. The number of carbonyl (C=O) groups excluding carboxylic acids is 1. The number of fused-ring (bicyclic) bond motifs is 2. The fourth-order valence-electron chi connectivity index (χ4n) is 2.89. The number of nitrogens with one attached hydrogen (secondary N) is 1. The third kappa shape index (κ3) is 3.01. The van der Waals surface area contributed by atoms with E-state index in [1.54, 1.807) is 13.2 Å². The molecule has 1 aliphatic heterocycles. The fraction of sp³-hybridized carbons (Fsp3) is 0.200. The molecule has 1 N–H and O–H groups in total. The standard InChI is InChI=1S/C20H18N2O4/c1-12(13-4-8-18-19(10-13)26-11-25-18)21-20(23)17-6-3-14-9-15(24-2)5-7-16(14)22-17/h3-10,12H,11H2,1-2H3,(H,21,23). The van der Waals surface area contributed by atoms with Gasteiger partial charge in [-0.25, -0.2) is 4.98 Å². The van der Waals surface area contributed by atoms with Crippen molar-refractivity contribution in [3.63, 3.8) is 0 Å². The maximum Gasteiger partial charge on any atom is 0.270 e. The number of amides is 1. The molecule has 1 unspecified atom stereocenters. The Balaban J connectivity index is 1.53. The van der Waals surface area contributed by atoms with Gasteiger partial charge < -0.3 is 19.5 Å². The Morgan fingerprint density at radius 2 is 1.96 bits per heavy atom. The van der Waals surface area contributed by atoms with Crippen molar-refractivity contribution >= 4 is 16.8 Å². The minimum absolute atomic E-state index is 0.189. The van der Waals surface area contributed by atoms with Crippen molar-refractivity contribution in [2.24, 2.45) is 0 Å². The quantitative estimate of drug-likeness (QED) is 0.780. The Labute approximate surface area is 150 Å². The minimum Gasteiger partial charge on any atom is -0.497 e. The summed E-state index contributed by atoms with van der Waals surface area (Å²) in [5.74, 6) is 1.95. The van der Waals surface area contributed by atoms with Gasteiger partial charge >= 0.3 is 0 Å². The van der Waals surface area contributed by atoms with Gasteiger partial charge in [-0.15, -0.1) is 0 Å². The number of nitrogens with zero attached hydrogens (tertiary/aromatic N) is 1. The number of pyridine rings is 1. The second-order valence-electron chi connectivity index (χ2n) is 6.06. The van der Waals surface area contributed by atoms with E-state index >= 15 is 0 Å². The number of benzene rings is 2. The zero-order valence-electron chi connectivity index (χ0n) is 14.5. The lowest BCUT2D eigenvalue weighted by atomic mass is 10.1. The molecule has 1 aliphatic rings. The van der Waals surface area contributed by atoms with E-state index in [4.69, 9.17) is 14.2 Å². The zero-order chi connectivity index (χ0) is 18.1. The average molecular weight is 350 g/mol. The van der Waals surface area contributed by atoms with Crippen LogP contribution in [0.1, 0.15) is 29.0 Å². The summed E-state index contributed by atoms with van der Waals surface area (Å²) in [6.45, 7) is 2.15. The molecule has 0 saturated carbocycles. The summed E-state index contributed by atoms with van der Waals surface area (Å²) >= 11 is 0. The molecule has 132 valence electrons. The molecule has 3 aromatic rings. The second kappa shape index (κ2) is 6.55. The summed E-state index contributed by atoms with van der Waals surface area (Å²) in [4.78, 5) is 17.0. The fourth-order valence-corrected chi connectivity index (χ4v) is 2.89. The zero-order valence-corrected chi connectivity index (χ0v) is 14.5. The highest BCUT2D eigenvalue weighted by molar-refractivity contribution is 5.95. The monoisotopic (exact) mass is 350 g/mol. The highest BCUT2D eigenvalue weighted by Gasteiger charge is 2.18. The van der Waals surface area contributed by atoms with Crippen LogP contribution < -0.4 is 19.5 Å². The van der Waals surface area contributed by atoms with Crippen LogP contribution in [0.25, 0.3) is 10.9 Å². The molecule has 1 aromatic heterocycles. The Bertz CT molecular complexity index is 987. The smallest absolute Gasteiger partial charge is 0.270 e. The molecule has 0 saturated heterocycles. The van der Waals surface area contributed by atoms with Crippen molar-refractivity contribution < 1.29 is 19.0 Å². The van der Waals surface area contributed by atoms with Crippen LogP contribution in [0.3, 0.4) is 0 Å². The summed E-state index contributed by atoms with van der Waals surface area (Å²) in [5, 5.41) is 3.89.